The summed E-state index contributed by atoms with van der Waals surface area (Å²) in [4.78, 5) is 19.0. The molecule has 1 amide bonds. The molecule has 1 aromatic heterocycles. The van der Waals surface area contributed by atoms with Crippen molar-refractivity contribution in [3.63, 3.8) is 0 Å². The zero-order valence-corrected chi connectivity index (χ0v) is 15.9. The molecule has 4 rings (SSSR count). The monoisotopic (exact) mass is 387 g/mol. The van der Waals surface area contributed by atoms with Gasteiger partial charge in [0.25, 0.3) is 0 Å². The first-order valence-corrected chi connectivity index (χ1v) is 9.62. The van der Waals surface area contributed by atoms with Crippen molar-refractivity contribution >= 4 is 11.6 Å². The van der Waals surface area contributed by atoms with Crippen LogP contribution in [0.1, 0.15) is 30.2 Å². The second-order valence-electron chi connectivity index (χ2n) is 7.11. The minimum atomic E-state index is -0.0580. The molecule has 1 fully saturated rings. The first-order valence-electron chi connectivity index (χ1n) is 9.62. The molecule has 0 radical (unpaired) electrons. The summed E-state index contributed by atoms with van der Waals surface area (Å²) in [5, 5.41) is 15.8. The fraction of sp³-hybridized carbons (Fsp3) is 0.273. The molecule has 7 nitrogen and oxygen atoms in total. The largest absolute Gasteiger partial charge is 0.339 e. The predicted octanol–water partition coefficient (Wildman–Crippen LogP) is 3.43. The van der Waals surface area contributed by atoms with E-state index >= 15 is 0 Å². The molecule has 1 saturated heterocycles. The van der Waals surface area contributed by atoms with Crippen molar-refractivity contribution in [1.29, 1.82) is 5.26 Å². The quantitative estimate of drug-likeness (QED) is 0.721. The van der Waals surface area contributed by atoms with E-state index in [-0.39, 0.29) is 11.8 Å². The summed E-state index contributed by atoms with van der Waals surface area (Å²) >= 11 is 0. The molecule has 2 heterocycles. The molecular weight excluding hydrogens is 366 g/mol. The van der Waals surface area contributed by atoms with Crippen LogP contribution in [0.15, 0.2) is 59.1 Å². The molecule has 2 aromatic carbocycles. The summed E-state index contributed by atoms with van der Waals surface area (Å²) in [5.41, 5.74) is 2.21. The summed E-state index contributed by atoms with van der Waals surface area (Å²) in [6.45, 7) is 1.94. The Morgan fingerprint density at radius 1 is 1.14 bits per heavy atom. The maximum atomic E-state index is 12.3. The first kappa shape index (κ1) is 18.8. The van der Waals surface area contributed by atoms with Gasteiger partial charge >= 0.3 is 0 Å². The van der Waals surface area contributed by atoms with E-state index in [1.165, 1.54) is 0 Å². The SMILES string of the molecule is N#Cc1ccc(NC(=O)CN2CCC(c3nc(-c4ccccc4)no3)CC2)cc1. The third kappa shape index (κ3) is 4.68. The van der Waals surface area contributed by atoms with E-state index in [1.54, 1.807) is 24.3 Å². The zero-order chi connectivity index (χ0) is 20.1. The first-order chi connectivity index (χ1) is 14.2. The molecule has 1 aliphatic rings. The lowest BCUT2D eigenvalue weighted by Crippen LogP contribution is -2.38. The van der Waals surface area contributed by atoms with Crippen LogP contribution in [0.5, 0.6) is 0 Å². The standard InChI is InChI=1S/C22H21N5O2/c23-14-16-6-8-19(9-7-16)24-20(28)15-27-12-10-18(11-13-27)22-25-21(26-29-22)17-4-2-1-3-5-17/h1-9,18H,10-13,15H2,(H,24,28). The smallest absolute Gasteiger partial charge is 0.238 e. The number of carbonyl (C=O) groups is 1. The van der Waals surface area contributed by atoms with E-state index < -0.39 is 0 Å². The van der Waals surface area contributed by atoms with E-state index in [0.717, 1.165) is 31.5 Å². The van der Waals surface area contributed by atoms with Crippen LogP contribution in [0.25, 0.3) is 11.4 Å². The number of rotatable bonds is 5. The number of likely N-dealkylation sites (tertiary alicyclic amines) is 1. The predicted molar refractivity (Wildman–Crippen MR) is 108 cm³/mol. The number of nitrogens with zero attached hydrogens (tertiary/aromatic N) is 4. The second-order valence-corrected chi connectivity index (χ2v) is 7.11. The summed E-state index contributed by atoms with van der Waals surface area (Å²) in [5.74, 6) is 1.45. The van der Waals surface area contributed by atoms with Crippen LogP contribution in [0.2, 0.25) is 0 Å². The number of carbonyl (C=O) groups excluding carboxylic acids is 1. The van der Waals surface area contributed by atoms with Crippen LogP contribution in [0, 0.1) is 11.3 Å². The molecule has 0 bridgehead atoms. The van der Waals surface area contributed by atoms with Crippen LogP contribution in [-0.2, 0) is 4.79 Å². The highest BCUT2D eigenvalue weighted by Crippen LogP contribution is 2.28. The van der Waals surface area contributed by atoms with Crippen LogP contribution >= 0.6 is 0 Å². The van der Waals surface area contributed by atoms with Gasteiger partial charge in [0, 0.05) is 17.2 Å². The second kappa shape index (κ2) is 8.67. The molecule has 0 spiro atoms. The number of benzene rings is 2. The van der Waals surface area contributed by atoms with Gasteiger partial charge in [0.05, 0.1) is 18.2 Å². The van der Waals surface area contributed by atoms with Gasteiger partial charge in [0.1, 0.15) is 0 Å². The molecule has 1 aliphatic heterocycles. The van der Waals surface area contributed by atoms with Crippen LogP contribution in [-0.4, -0.2) is 40.6 Å². The molecular formula is C22H21N5O2. The van der Waals surface area contributed by atoms with Gasteiger partial charge < -0.3 is 9.84 Å². The van der Waals surface area contributed by atoms with Crippen molar-refractivity contribution < 1.29 is 9.32 Å². The Labute approximate surface area is 169 Å². The molecule has 3 aromatic rings. The lowest BCUT2D eigenvalue weighted by Gasteiger charge is -2.29. The highest BCUT2D eigenvalue weighted by molar-refractivity contribution is 5.92. The van der Waals surface area contributed by atoms with E-state index in [4.69, 9.17) is 9.78 Å². The third-order valence-corrected chi connectivity index (χ3v) is 5.08. The van der Waals surface area contributed by atoms with Gasteiger partial charge in [-0.05, 0) is 50.2 Å². The maximum Gasteiger partial charge on any atom is 0.238 e. The highest BCUT2D eigenvalue weighted by atomic mass is 16.5. The zero-order valence-electron chi connectivity index (χ0n) is 15.9. The molecule has 0 aliphatic carbocycles. The van der Waals surface area contributed by atoms with Crippen LogP contribution < -0.4 is 5.32 Å². The summed E-state index contributed by atoms with van der Waals surface area (Å²) in [6.07, 6.45) is 1.75. The van der Waals surface area contributed by atoms with Crippen molar-refractivity contribution in [1.82, 2.24) is 15.0 Å². The number of anilines is 1. The van der Waals surface area contributed by atoms with Gasteiger partial charge in [-0.15, -0.1) is 0 Å². The van der Waals surface area contributed by atoms with Crippen molar-refractivity contribution in [2.45, 2.75) is 18.8 Å². The van der Waals surface area contributed by atoms with Crippen molar-refractivity contribution in [3.8, 4) is 17.5 Å². The average Bonchev–Trinajstić information content (AvgIpc) is 3.26. The fourth-order valence-electron chi connectivity index (χ4n) is 3.48. The van der Waals surface area contributed by atoms with Crippen molar-refractivity contribution in [3.05, 3.63) is 66.1 Å². The van der Waals surface area contributed by atoms with E-state index in [9.17, 15) is 4.79 Å². The minimum Gasteiger partial charge on any atom is -0.339 e. The van der Waals surface area contributed by atoms with Gasteiger partial charge in [-0.25, -0.2) is 0 Å². The Balaban J connectivity index is 1.27. The fourth-order valence-corrected chi connectivity index (χ4v) is 3.48. The molecule has 1 N–H and O–H groups in total. The van der Waals surface area contributed by atoms with Gasteiger partial charge in [0.2, 0.25) is 17.6 Å². The van der Waals surface area contributed by atoms with Gasteiger partial charge in [-0.1, -0.05) is 35.5 Å². The van der Waals surface area contributed by atoms with Crippen molar-refractivity contribution in [2.75, 3.05) is 25.0 Å². The number of hydrogen-bond acceptors (Lipinski definition) is 6. The Bertz CT molecular complexity index is 1000. The van der Waals surface area contributed by atoms with Crippen LogP contribution in [0.4, 0.5) is 5.69 Å². The molecule has 29 heavy (non-hydrogen) atoms. The minimum absolute atomic E-state index is 0.0580. The lowest BCUT2D eigenvalue weighted by molar-refractivity contribution is -0.117. The summed E-state index contributed by atoms with van der Waals surface area (Å²) in [7, 11) is 0. The Kier molecular flexibility index (Phi) is 5.63. The Hall–Kier alpha value is -3.50. The van der Waals surface area contributed by atoms with Gasteiger partial charge in [0.15, 0.2) is 0 Å². The number of nitriles is 1. The number of hydrogen-bond donors (Lipinski definition) is 1. The maximum absolute atomic E-state index is 12.3. The van der Waals surface area contributed by atoms with Gasteiger partial charge in [-0.3, -0.25) is 9.69 Å². The summed E-state index contributed by atoms with van der Waals surface area (Å²) < 4.78 is 5.49. The van der Waals surface area contributed by atoms with E-state index in [0.29, 0.717) is 29.5 Å². The van der Waals surface area contributed by atoms with E-state index in [1.807, 2.05) is 30.3 Å². The number of piperidine rings is 1. The van der Waals surface area contributed by atoms with Crippen molar-refractivity contribution in [2.24, 2.45) is 0 Å². The molecule has 0 saturated carbocycles. The summed E-state index contributed by atoms with van der Waals surface area (Å²) in [6, 6.07) is 18.7. The highest BCUT2D eigenvalue weighted by Gasteiger charge is 2.26. The molecule has 0 unspecified atom stereocenters. The number of nitrogens with one attached hydrogen (secondary N) is 1. The number of amides is 1. The van der Waals surface area contributed by atoms with E-state index in [2.05, 4.69) is 26.4 Å². The van der Waals surface area contributed by atoms with Gasteiger partial charge in [-0.2, -0.15) is 10.2 Å². The topological polar surface area (TPSA) is 95.1 Å². The molecule has 7 heteroatoms. The Morgan fingerprint density at radius 2 is 1.86 bits per heavy atom. The lowest BCUT2D eigenvalue weighted by atomic mass is 9.97. The molecule has 0 atom stereocenters. The molecule has 146 valence electrons. The number of aromatic nitrogens is 2. The van der Waals surface area contributed by atoms with Crippen LogP contribution in [0.3, 0.4) is 0 Å². The average molecular weight is 387 g/mol. The third-order valence-electron chi connectivity index (χ3n) is 5.08. The Morgan fingerprint density at radius 3 is 2.55 bits per heavy atom. The normalized spacial score (nSPS) is 15.0.